The molecule has 0 radical (unpaired) electrons. The molecule has 164 valence electrons. The summed E-state index contributed by atoms with van der Waals surface area (Å²) in [4.78, 5) is 12.8. The summed E-state index contributed by atoms with van der Waals surface area (Å²) in [5, 5.41) is 11.6. The minimum Gasteiger partial charge on any atom is -0.489 e. The molecule has 0 bridgehead atoms. The maximum Gasteiger partial charge on any atom is 0.279 e. The van der Waals surface area contributed by atoms with Crippen LogP contribution in [0.2, 0.25) is 5.02 Å². The first-order valence-corrected chi connectivity index (χ1v) is 10.7. The molecule has 0 aliphatic carbocycles. The molecule has 0 aliphatic heterocycles. The fraction of sp³-hybridized carbons (Fsp3) is 0.136. The molecule has 0 saturated heterocycles. The zero-order chi connectivity index (χ0) is 22.7. The van der Waals surface area contributed by atoms with Gasteiger partial charge in [0, 0.05) is 17.3 Å². The Kier molecular flexibility index (Phi) is 6.57. The number of nitrogens with one attached hydrogen (secondary N) is 1. The van der Waals surface area contributed by atoms with E-state index in [1.807, 2.05) is 12.1 Å². The second-order valence-corrected chi connectivity index (χ2v) is 8.21. The molecule has 7 nitrogen and oxygen atoms in total. The van der Waals surface area contributed by atoms with Crippen LogP contribution in [0.4, 0.5) is 10.2 Å². The van der Waals surface area contributed by atoms with Crippen molar-refractivity contribution in [3.05, 3.63) is 92.6 Å². The highest BCUT2D eigenvalue weighted by Crippen LogP contribution is 2.24. The van der Waals surface area contributed by atoms with Crippen LogP contribution in [-0.2, 0) is 13.2 Å². The van der Waals surface area contributed by atoms with Gasteiger partial charge in [-0.3, -0.25) is 9.48 Å². The molecule has 1 N–H and O–H groups in total. The van der Waals surface area contributed by atoms with E-state index in [0.29, 0.717) is 38.9 Å². The number of ether oxygens (including phenoxy) is 1. The van der Waals surface area contributed by atoms with Crippen molar-refractivity contribution < 1.29 is 18.4 Å². The summed E-state index contributed by atoms with van der Waals surface area (Å²) < 4.78 is 26.4. The number of aromatic nitrogens is 3. The molecule has 32 heavy (non-hydrogen) atoms. The van der Waals surface area contributed by atoms with Gasteiger partial charge in [-0.2, -0.15) is 5.10 Å². The van der Waals surface area contributed by atoms with Gasteiger partial charge in [-0.25, -0.2) is 4.39 Å². The molecule has 0 aliphatic rings. The minimum absolute atomic E-state index is 0.00623. The molecule has 0 unspecified atom stereocenters. The van der Waals surface area contributed by atoms with Gasteiger partial charge in [-0.05, 0) is 52.7 Å². The predicted molar refractivity (Wildman–Crippen MR) is 120 cm³/mol. The summed E-state index contributed by atoms with van der Waals surface area (Å²) in [5.74, 6) is 0.180. The topological polar surface area (TPSA) is 82.2 Å². The zero-order valence-electron chi connectivity index (χ0n) is 16.8. The van der Waals surface area contributed by atoms with E-state index < -0.39 is 11.7 Å². The van der Waals surface area contributed by atoms with Gasteiger partial charge >= 0.3 is 0 Å². The summed E-state index contributed by atoms with van der Waals surface area (Å²) in [6.07, 6.45) is 1.76. The van der Waals surface area contributed by atoms with E-state index in [1.165, 1.54) is 18.2 Å². The Hall–Kier alpha value is -3.17. The normalized spacial score (nSPS) is 10.9. The highest BCUT2D eigenvalue weighted by molar-refractivity contribution is 9.10. The summed E-state index contributed by atoms with van der Waals surface area (Å²) >= 11 is 9.33. The number of anilines is 1. The highest BCUT2D eigenvalue weighted by atomic mass is 79.9. The molecule has 2 heterocycles. The lowest BCUT2D eigenvalue weighted by Crippen LogP contribution is -2.16. The molecule has 0 fully saturated rings. The van der Waals surface area contributed by atoms with E-state index in [2.05, 4.69) is 31.5 Å². The smallest absolute Gasteiger partial charge is 0.279 e. The molecule has 0 spiro atoms. The van der Waals surface area contributed by atoms with Crippen LogP contribution >= 0.6 is 27.5 Å². The van der Waals surface area contributed by atoms with Gasteiger partial charge in [0.25, 0.3) is 5.91 Å². The molecular weight excluding hydrogens is 503 g/mol. The number of halogens is 3. The standard InChI is InChI=1S/C22H17BrClFN4O3/c1-13-18(12-31-17-4-2-3-16(25)9-17)20(28-32-13)22(30)26-21-19(23)11-29(27-21)10-14-5-7-15(24)8-6-14/h2-9,11H,10,12H2,1H3,(H,26,27,30). The average molecular weight is 520 g/mol. The fourth-order valence-electron chi connectivity index (χ4n) is 2.96. The maximum absolute atomic E-state index is 13.4. The fourth-order valence-corrected chi connectivity index (χ4v) is 3.50. The Morgan fingerprint density at radius 1 is 1.28 bits per heavy atom. The maximum atomic E-state index is 13.4. The molecule has 0 atom stereocenters. The van der Waals surface area contributed by atoms with Gasteiger partial charge in [-0.1, -0.05) is 35.0 Å². The van der Waals surface area contributed by atoms with Crippen LogP contribution < -0.4 is 10.1 Å². The minimum atomic E-state index is -0.503. The Balaban J connectivity index is 1.46. The van der Waals surface area contributed by atoms with Gasteiger partial charge in [0.15, 0.2) is 11.5 Å². The third-order valence-electron chi connectivity index (χ3n) is 4.59. The van der Waals surface area contributed by atoms with Gasteiger partial charge in [0.05, 0.1) is 16.6 Å². The number of aryl methyl sites for hydroxylation is 1. The first kappa shape index (κ1) is 22.0. The molecule has 2 aromatic heterocycles. The van der Waals surface area contributed by atoms with Gasteiger partial charge in [0.2, 0.25) is 0 Å². The summed E-state index contributed by atoms with van der Waals surface area (Å²) in [6.45, 7) is 2.17. The van der Waals surface area contributed by atoms with Crippen molar-refractivity contribution in [2.45, 2.75) is 20.1 Å². The Morgan fingerprint density at radius 3 is 2.81 bits per heavy atom. The number of rotatable bonds is 7. The molecule has 0 saturated carbocycles. The number of carbonyl (C=O) groups excluding carboxylic acids is 1. The quantitative estimate of drug-likeness (QED) is 0.343. The lowest BCUT2D eigenvalue weighted by Gasteiger charge is -2.07. The van der Waals surface area contributed by atoms with Crippen molar-refractivity contribution in [3.63, 3.8) is 0 Å². The lowest BCUT2D eigenvalue weighted by atomic mass is 10.2. The van der Waals surface area contributed by atoms with E-state index in [9.17, 15) is 9.18 Å². The molecular formula is C22H17BrClFN4O3. The van der Waals surface area contributed by atoms with Crippen LogP contribution in [0.1, 0.15) is 27.4 Å². The van der Waals surface area contributed by atoms with Crippen molar-refractivity contribution in [1.82, 2.24) is 14.9 Å². The number of benzene rings is 2. The summed E-state index contributed by atoms with van der Waals surface area (Å²) in [6, 6.07) is 13.1. The van der Waals surface area contributed by atoms with Crippen LogP contribution in [-0.4, -0.2) is 20.8 Å². The third kappa shape index (κ3) is 5.17. The number of amides is 1. The van der Waals surface area contributed by atoms with Crippen LogP contribution in [0.5, 0.6) is 5.75 Å². The Bertz CT molecular complexity index is 1260. The zero-order valence-corrected chi connectivity index (χ0v) is 19.2. The van der Waals surface area contributed by atoms with Crippen LogP contribution in [0.3, 0.4) is 0 Å². The molecule has 4 rings (SSSR count). The van der Waals surface area contributed by atoms with E-state index in [-0.39, 0.29) is 12.3 Å². The van der Waals surface area contributed by atoms with Crippen molar-refractivity contribution >= 4 is 39.3 Å². The van der Waals surface area contributed by atoms with Crippen LogP contribution in [0.25, 0.3) is 0 Å². The number of hydrogen-bond donors (Lipinski definition) is 1. The Labute approximate surface area is 196 Å². The predicted octanol–water partition coefficient (Wildman–Crippen LogP) is 5.61. The average Bonchev–Trinajstić information content (AvgIpc) is 3.30. The van der Waals surface area contributed by atoms with Gasteiger partial charge < -0.3 is 14.6 Å². The number of nitrogens with zero attached hydrogens (tertiary/aromatic N) is 3. The van der Waals surface area contributed by atoms with Crippen molar-refractivity contribution in [3.8, 4) is 5.75 Å². The first-order chi connectivity index (χ1) is 15.4. The molecule has 1 amide bonds. The highest BCUT2D eigenvalue weighted by Gasteiger charge is 2.22. The monoisotopic (exact) mass is 518 g/mol. The van der Waals surface area contributed by atoms with Crippen molar-refractivity contribution in [1.29, 1.82) is 0 Å². The second-order valence-electron chi connectivity index (χ2n) is 6.92. The van der Waals surface area contributed by atoms with Crippen molar-refractivity contribution in [2.24, 2.45) is 0 Å². The number of carbonyl (C=O) groups is 1. The molecule has 10 heteroatoms. The number of hydrogen-bond acceptors (Lipinski definition) is 5. The lowest BCUT2D eigenvalue weighted by molar-refractivity contribution is 0.101. The summed E-state index contributed by atoms with van der Waals surface area (Å²) in [5.41, 5.74) is 1.53. The third-order valence-corrected chi connectivity index (χ3v) is 5.42. The second kappa shape index (κ2) is 9.54. The van der Waals surface area contributed by atoms with E-state index in [0.717, 1.165) is 5.56 Å². The van der Waals surface area contributed by atoms with Gasteiger partial charge in [-0.15, -0.1) is 0 Å². The van der Waals surface area contributed by atoms with E-state index in [4.69, 9.17) is 20.9 Å². The van der Waals surface area contributed by atoms with E-state index >= 15 is 0 Å². The SMILES string of the molecule is Cc1onc(C(=O)Nc2nn(Cc3ccc(Cl)cc3)cc2Br)c1COc1cccc(F)c1. The molecule has 4 aromatic rings. The first-order valence-electron chi connectivity index (χ1n) is 9.51. The van der Waals surface area contributed by atoms with Crippen LogP contribution in [0, 0.1) is 12.7 Å². The van der Waals surface area contributed by atoms with Crippen LogP contribution in [0.15, 0.2) is 63.7 Å². The van der Waals surface area contributed by atoms with Gasteiger partial charge in [0.1, 0.15) is 23.9 Å². The summed E-state index contributed by atoms with van der Waals surface area (Å²) in [7, 11) is 0. The molecule has 2 aromatic carbocycles. The Morgan fingerprint density at radius 2 is 2.06 bits per heavy atom. The van der Waals surface area contributed by atoms with Crippen molar-refractivity contribution in [2.75, 3.05) is 5.32 Å². The van der Waals surface area contributed by atoms with E-state index in [1.54, 1.807) is 36.0 Å². The largest absolute Gasteiger partial charge is 0.489 e.